The molecule has 0 saturated carbocycles. The van der Waals surface area contributed by atoms with Crippen molar-refractivity contribution in [3.8, 4) is 0 Å². The summed E-state index contributed by atoms with van der Waals surface area (Å²) in [6.45, 7) is 0.0476. The number of halogens is 1. The third-order valence-corrected chi connectivity index (χ3v) is 2.11. The number of rotatable bonds is 3. The van der Waals surface area contributed by atoms with Crippen molar-refractivity contribution in [3.05, 3.63) is 0 Å². The zero-order valence-corrected chi connectivity index (χ0v) is 6.70. The van der Waals surface area contributed by atoms with Gasteiger partial charge in [0.15, 0.2) is 0 Å². The first-order valence-corrected chi connectivity index (χ1v) is 3.73. The van der Waals surface area contributed by atoms with Gasteiger partial charge in [-0.05, 0) is 6.42 Å². The summed E-state index contributed by atoms with van der Waals surface area (Å²) < 4.78 is 18.2. The molecule has 5 nitrogen and oxygen atoms in total. The van der Waals surface area contributed by atoms with E-state index in [4.69, 9.17) is 14.9 Å². The summed E-state index contributed by atoms with van der Waals surface area (Å²) in [4.78, 5) is 20.9. The number of hydrogen-bond acceptors (Lipinski definition) is 3. The van der Waals surface area contributed by atoms with E-state index in [1.165, 1.54) is 0 Å². The summed E-state index contributed by atoms with van der Waals surface area (Å²) in [6, 6.07) is 0. The average molecular weight is 192 g/mol. The summed E-state index contributed by atoms with van der Waals surface area (Å²) in [5, 5.41) is 16.9. The molecule has 1 aliphatic heterocycles. The Balaban J connectivity index is 2.89. The van der Waals surface area contributed by atoms with Crippen molar-refractivity contribution in [2.24, 2.45) is 5.92 Å². The fraction of sp³-hybridized carbons (Fsp3) is 0.714. The Kier molecular flexibility index (Phi) is 2.51. The second-order valence-electron chi connectivity index (χ2n) is 2.88. The molecule has 0 amide bonds. The summed E-state index contributed by atoms with van der Waals surface area (Å²) in [5.41, 5.74) is -3.21. The monoisotopic (exact) mass is 192 g/mol. The molecule has 1 aliphatic rings. The Morgan fingerprint density at radius 2 is 1.92 bits per heavy atom. The van der Waals surface area contributed by atoms with Gasteiger partial charge in [0.2, 0.25) is 0 Å². The summed E-state index contributed by atoms with van der Waals surface area (Å²) in [6.07, 6.45) is 0.120. The predicted molar refractivity (Wildman–Crippen MR) is 38.0 cm³/mol. The van der Waals surface area contributed by atoms with Gasteiger partial charge in [-0.3, -0.25) is 0 Å². The molecule has 0 radical (unpaired) electrons. The van der Waals surface area contributed by atoms with E-state index < -0.39 is 23.5 Å². The van der Waals surface area contributed by atoms with Gasteiger partial charge < -0.3 is 14.9 Å². The minimum absolute atomic E-state index is 0.120. The number of carbonyl (C=O) groups is 2. The molecule has 0 unspecified atom stereocenters. The van der Waals surface area contributed by atoms with Gasteiger partial charge in [0, 0.05) is 12.5 Å². The number of carboxylic acid groups (broad SMARTS) is 2. The molecule has 2 N–H and O–H groups in total. The highest BCUT2D eigenvalue weighted by atomic mass is 19.1. The van der Waals surface area contributed by atoms with Crippen molar-refractivity contribution in [1.29, 1.82) is 0 Å². The minimum atomic E-state index is -3.21. The van der Waals surface area contributed by atoms with Gasteiger partial charge in [-0.1, -0.05) is 0 Å². The van der Waals surface area contributed by atoms with Crippen molar-refractivity contribution in [1.82, 2.24) is 0 Å². The van der Waals surface area contributed by atoms with Crippen LogP contribution in [0.25, 0.3) is 0 Å². The fourth-order valence-corrected chi connectivity index (χ4v) is 1.29. The highest BCUT2D eigenvalue weighted by Crippen LogP contribution is 2.30. The lowest BCUT2D eigenvalue weighted by atomic mass is 9.88. The molecule has 1 atom stereocenters. The van der Waals surface area contributed by atoms with E-state index in [9.17, 15) is 14.0 Å². The Morgan fingerprint density at radius 3 is 2.23 bits per heavy atom. The highest BCUT2D eigenvalue weighted by Gasteiger charge is 2.55. The minimum Gasteiger partial charge on any atom is -0.478 e. The number of hydrogen-bond donors (Lipinski definition) is 2. The summed E-state index contributed by atoms with van der Waals surface area (Å²) >= 11 is 0. The molecule has 0 aromatic carbocycles. The van der Waals surface area contributed by atoms with Gasteiger partial charge in [-0.2, -0.15) is 0 Å². The molecule has 0 aromatic heterocycles. The smallest absolute Gasteiger partial charge is 0.353 e. The SMILES string of the molecule is O=C(O)C(F)(C(=O)O)[C@@H]1CCOC1. The van der Waals surface area contributed by atoms with Crippen molar-refractivity contribution in [2.75, 3.05) is 13.2 Å². The van der Waals surface area contributed by atoms with Crippen LogP contribution < -0.4 is 0 Å². The topological polar surface area (TPSA) is 83.8 Å². The van der Waals surface area contributed by atoms with Gasteiger partial charge >= 0.3 is 17.6 Å². The highest BCUT2D eigenvalue weighted by molar-refractivity contribution is 6.02. The molecule has 13 heavy (non-hydrogen) atoms. The molecular formula is C7H9FO5. The standard InChI is InChI=1S/C7H9FO5/c8-7(5(9)10,6(11)12)4-1-2-13-3-4/h4H,1-3H2,(H,9,10)(H,11,12)/t4-/m1/s1. The Hall–Kier alpha value is -1.17. The van der Waals surface area contributed by atoms with E-state index in [2.05, 4.69) is 0 Å². The van der Waals surface area contributed by atoms with Crippen LogP contribution in [0.15, 0.2) is 0 Å². The van der Waals surface area contributed by atoms with E-state index in [-0.39, 0.29) is 19.6 Å². The number of ether oxygens (including phenoxy) is 1. The fourth-order valence-electron chi connectivity index (χ4n) is 1.29. The van der Waals surface area contributed by atoms with Crippen molar-refractivity contribution < 1.29 is 28.9 Å². The molecule has 74 valence electrons. The van der Waals surface area contributed by atoms with Gasteiger partial charge in [0.1, 0.15) is 0 Å². The third-order valence-electron chi connectivity index (χ3n) is 2.11. The third kappa shape index (κ3) is 1.49. The molecule has 1 saturated heterocycles. The summed E-state index contributed by atoms with van der Waals surface area (Å²) in [5.74, 6) is -5.02. The maximum absolute atomic E-state index is 13.5. The van der Waals surface area contributed by atoms with Crippen LogP contribution in [0.1, 0.15) is 6.42 Å². The van der Waals surface area contributed by atoms with Crippen molar-refractivity contribution in [2.45, 2.75) is 12.1 Å². The van der Waals surface area contributed by atoms with Gasteiger partial charge in [0.25, 0.3) is 0 Å². The number of aliphatic carboxylic acids is 2. The maximum Gasteiger partial charge on any atom is 0.353 e. The average Bonchev–Trinajstić information content (AvgIpc) is 2.54. The molecule has 0 aliphatic carbocycles. The first-order valence-electron chi connectivity index (χ1n) is 3.73. The lowest BCUT2D eigenvalue weighted by molar-refractivity contribution is -0.172. The Bertz CT molecular complexity index is 219. The van der Waals surface area contributed by atoms with Crippen LogP contribution in [0.2, 0.25) is 0 Å². The first-order chi connectivity index (χ1) is 5.99. The molecular weight excluding hydrogens is 183 g/mol. The molecule has 0 spiro atoms. The van der Waals surface area contributed by atoms with Crippen LogP contribution >= 0.6 is 0 Å². The van der Waals surface area contributed by atoms with E-state index >= 15 is 0 Å². The van der Waals surface area contributed by atoms with E-state index in [1.807, 2.05) is 0 Å². The molecule has 1 heterocycles. The largest absolute Gasteiger partial charge is 0.478 e. The molecule has 0 aromatic rings. The Morgan fingerprint density at radius 1 is 1.38 bits per heavy atom. The predicted octanol–water partition coefficient (Wildman–Crippen LogP) is -0.0996. The van der Waals surface area contributed by atoms with Crippen LogP contribution in [0.5, 0.6) is 0 Å². The Labute approximate surface area is 73.1 Å². The van der Waals surface area contributed by atoms with Crippen LogP contribution in [0.4, 0.5) is 4.39 Å². The second-order valence-corrected chi connectivity index (χ2v) is 2.88. The van der Waals surface area contributed by atoms with E-state index in [1.54, 1.807) is 0 Å². The van der Waals surface area contributed by atoms with Gasteiger partial charge in [-0.25, -0.2) is 14.0 Å². The molecule has 1 rings (SSSR count). The zero-order chi connectivity index (χ0) is 10.1. The van der Waals surface area contributed by atoms with Gasteiger partial charge in [-0.15, -0.1) is 0 Å². The van der Waals surface area contributed by atoms with Crippen LogP contribution in [-0.4, -0.2) is 41.0 Å². The van der Waals surface area contributed by atoms with E-state index in [0.717, 1.165) is 0 Å². The zero-order valence-electron chi connectivity index (χ0n) is 6.70. The summed E-state index contributed by atoms with van der Waals surface area (Å²) in [7, 11) is 0. The molecule has 6 heteroatoms. The normalized spacial score (nSPS) is 23.0. The van der Waals surface area contributed by atoms with E-state index in [0.29, 0.717) is 0 Å². The van der Waals surface area contributed by atoms with Crippen molar-refractivity contribution in [3.63, 3.8) is 0 Å². The number of alkyl halides is 1. The molecule has 1 fully saturated rings. The molecule has 0 bridgehead atoms. The second kappa shape index (κ2) is 3.29. The maximum atomic E-state index is 13.5. The lowest BCUT2D eigenvalue weighted by Gasteiger charge is -2.20. The van der Waals surface area contributed by atoms with Crippen molar-refractivity contribution >= 4 is 11.9 Å². The first kappa shape index (κ1) is 9.91. The number of carboxylic acids is 2. The van der Waals surface area contributed by atoms with Crippen LogP contribution in [0, 0.1) is 5.92 Å². The lowest BCUT2D eigenvalue weighted by Crippen LogP contribution is -2.49. The van der Waals surface area contributed by atoms with Crippen LogP contribution in [0.3, 0.4) is 0 Å². The van der Waals surface area contributed by atoms with Gasteiger partial charge in [0.05, 0.1) is 6.61 Å². The quantitative estimate of drug-likeness (QED) is 0.610. The van der Waals surface area contributed by atoms with Crippen LogP contribution in [-0.2, 0) is 14.3 Å².